The Morgan fingerprint density at radius 1 is 0.550 bits per heavy atom. The predicted molar refractivity (Wildman–Crippen MR) is 88.2 cm³/mol. The molecule has 0 fully saturated rings. The maximum atomic E-state index is 4.23. The normalized spacial score (nSPS) is 8.70. The number of rotatable bonds is 0. The van der Waals surface area contributed by atoms with Crippen molar-refractivity contribution in [3.05, 3.63) is 58.2 Å². The van der Waals surface area contributed by atoms with Crippen LogP contribution in [0.2, 0.25) is 0 Å². The minimum absolute atomic E-state index is 0. The smallest absolute Gasteiger partial charge is 0.258 e. The van der Waals surface area contributed by atoms with Gasteiger partial charge >= 0.3 is 18.9 Å². The van der Waals surface area contributed by atoms with E-state index in [0.717, 1.165) is 22.8 Å². The average Bonchev–Trinajstić information content (AvgIpc) is 2.12. The molecule has 2 heterocycles. The van der Waals surface area contributed by atoms with Crippen molar-refractivity contribution in [2.45, 2.75) is 41.5 Å². The first kappa shape index (κ1) is 21.3. The fourth-order valence-corrected chi connectivity index (χ4v) is 2.09. The van der Waals surface area contributed by atoms with Crippen LogP contribution < -0.4 is 18.9 Å². The van der Waals surface area contributed by atoms with Crippen molar-refractivity contribution in [1.82, 2.24) is 9.97 Å². The van der Waals surface area contributed by atoms with Gasteiger partial charge in [-0.1, -0.05) is 8.41 Å². The van der Waals surface area contributed by atoms with Crippen LogP contribution in [0.4, 0.5) is 0 Å². The van der Waals surface area contributed by atoms with E-state index < -0.39 is 0 Å². The first-order valence-corrected chi connectivity index (χ1v) is 6.20. The van der Waals surface area contributed by atoms with Crippen LogP contribution in [0.15, 0.2) is 24.3 Å². The molecule has 2 aromatic heterocycles. The van der Waals surface area contributed by atoms with Gasteiger partial charge in [0.2, 0.25) is 0 Å². The first-order valence-electron chi connectivity index (χ1n) is 6.20. The van der Waals surface area contributed by atoms with Crippen LogP contribution in [-0.2, 0) is 0 Å². The van der Waals surface area contributed by atoms with E-state index in [4.69, 9.17) is 0 Å². The number of aromatic nitrogens is 2. The summed E-state index contributed by atoms with van der Waals surface area (Å²) in [6.07, 6.45) is 0. The van der Waals surface area contributed by atoms with Gasteiger partial charge < -0.3 is 0 Å². The van der Waals surface area contributed by atoms with E-state index in [0.29, 0.717) is 0 Å². The van der Waals surface area contributed by atoms with Crippen molar-refractivity contribution < 1.29 is 18.9 Å². The van der Waals surface area contributed by atoms with Crippen LogP contribution >= 0.6 is 0 Å². The second kappa shape index (κ2) is 9.80. The number of nitrogens with zero attached hydrogens (tertiary/aromatic N) is 2. The summed E-state index contributed by atoms with van der Waals surface area (Å²) < 4.78 is 0. The molecule has 20 heavy (non-hydrogen) atoms. The molecule has 4 heteroatoms. The third-order valence-electron chi connectivity index (χ3n) is 2.45. The molecule has 0 aliphatic rings. The summed E-state index contributed by atoms with van der Waals surface area (Å²) in [5.41, 5.74) is 7.00. The van der Waals surface area contributed by atoms with Crippen LogP contribution in [0.5, 0.6) is 0 Å². The molecule has 0 radical (unpaired) electrons. The van der Waals surface area contributed by atoms with Crippen molar-refractivity contribution in [1.29, 1.82) is 0 Å². The van der Waals surface area contributed by atoms with Gasteiger partial charge in [-0.2, -0.15) is 0 Å². The number of aryl methyl sites for hydroxylation is 6. The van der Waals surface area contributed by atoms with E-state index in [2.05, 4.69) is 48.1 Å². The van der Waals surface area contributed by atoms with Gasteiger partial charge in [-0.3, -0.25) is 9.97 Å². The molecule has 0 aliphatic heterocycles. The molecule has 2 aromatic rings. The predicted octanol–water partition coefficient (Wildman–Crippen LogP) is -0.434. The largest absolute Gasteiger partial charge is 1.00 e. The van der Waals surface area contributed by atoms with Gasteiger partial charge in [0, 0.05) is 22.8 Å². The molecule has 0 unspecified atom stereocenters. The number of hydrogen-bond acceptors (Lipinski definition) is 2. The fraction of sp³-hybridized carbons (Fsp3) is 0.375. The number of pyridine rings is 2. The van der Waals surface area contributed by atoms with Crippen molar-refractivity contribution in [3.63, 3.8) is 0 Å². The molecule has 0 N–H and O–H groups in total. The van der Waals surface area contributed by atoms with Crippen molar-refractivity contribution in [2.75, 3.05) is 0 Å². The molecule has 0 saturated heterocycles. The zero-order valence-corrected chi connectivity index (χ0v) is 13.2. The topological polar surface area (TPSA) is 25.8 Å². The molecule has 0 aromatic carbocycles. The van der Waals surface area contributed by atoms with Gasteiger partial charge in [0.25, 0.3) is 0 Å². The van der Waals surface area contributed by atoms with Crippen LogP contribution in [0.1, 0.15) is 33.9 Å². The Hall–Kier alpha value is -1.04. The van der Waals surface area contributed by atoms with E-state index in [-0.39, 0.29) is 27.3 Å². The summed E-state index contributed by atoms with van der Waals surface area (Å²) in [7, 11) is 0. The van der Waals surface area contributed by atoms with Gasteiger partial charge in [-0.15, -0.1) is 0 Å². The second-order valence-corrected chi connectivity index (χ2v) is 4.85. The maximum absolute atomic E-state index is 4.23. The Morgan fingerprint density at radius 2 is 0.750 bits per heavy atom. The second-order valence-electron chi connectivity index (χ2n) is 4.85. The molecule has 0 bridgehead atoms. The molecule has 0 amide bonds. The monoisotopic (exact) mass is 264 g/mol. The van der Waals surface area contributed by atoms with E-state index in [1.165, 1.54) is 11.1 Å². The summed E-state index contributed by atoms with van der Waals surface area (Å²) in [4.78, 5) is 8.47. The zero-order chi connectivity index (χ0) is 13.7. The molecular formula is C16H26BLiN2. The molecule has 0 spiro atoms. The molecule has 0 aliphatic carbocycles. The quantitative estimate of drug-likeness (QED) is 0.603. The summed E-state index contributed by atoms with van der Waals surface area (Å²) in [5, 5.41) is 0. The SMILES string of the molecule is Cc1cc(C)nc(C)c1.Cc1cc(C)nc(C)c1.[BH4-].[Li+]. The molecule has 0 atom stereocenters. The minimum atomic E-state index is 0. The number of hydrogen-bond donors (Lipinski definition) is 0. The van der Waals surface area contributed by atoms with Crippen molar-refractivity contribution in [3.8, 4) is 0 Å². The van der Waals surface area contributed by atoms with Gasteiger partial charge in [-0.25, -0.2) is 0 Å². The third kappa shape index (κ3) is 8.20. The van der Waals surface area contributed by atoms with Gasteiger partial charge in [0.05, 0.1) is 0 Å². The minimum Gasteiger partial charge on any atom is -0.258 e. The van der Waals surface area contributed by atoms with Crippen LogP contribution in [0.3, 0.4) is 0 Å². The summed E-state index contributed by atoms with van der Waals surface area (Å²) in [5.74, 6) is 0. The van der Waals surface area contributed by atoms with Crippen LogP contribution in [0.25, 0.3) is 0 Å². The molecule has 0 saturated carbocycles. The van der Waals surface area contributed by atoms with E-state index >= 15 is 0 Å². The molecule has 2 nitrogen and oxygen atoms in total. The summed E-state index contributed by atoms with van der Waals surface area (Å²) in [6.45, 7) is 12.2. The zero-order valence-electron chi connectivity index (χ0n) is 13.2. The van der Waals surface area contributed by atoms with Crippen molar-refractivity contribution >= 4 is 8.41 Å². The van der Waals surface area contributed by atoms with Crippen molar-refractivity contribution in [2.24, 2.45) is 0 Å². The standard InChI is InChI=1S/2C8H11N.BH4.Li/c2*1-6-4-7(2)9-8(3)5-6;;/h2*4-5H,1-3H3;1H4;/q;;-1;+1. The molecule has 2 rings (SSSR count). The van der Waals surface area contributed by atoms with E-state index in [1.54, 1.807) is 0 Å². The Kier molecular flexibility index (Phi) is 10.4. The molecule has 104 valence electrons. The molecular weight excluding hydrogens is 238 g/mol. The van der Waals surface area contributed by atoms with Crippen LogP contribution in [-0.4, -0.2) is 18.4 Å². The van der Waals surface area contributed by atoms with Gasteiger partial charge in [0.1, 0.15) is 0 Å². The Morgan fingerprint density at radius 3 is 0.900 bits per heavy atom. The summed E-state index contributed by atoms with van der Waals surface area (Å²) >= 11 is 0. The van der Waals surface area contributed by atoms with Gasteiger partial charge in [0.15, 0.2) is 0 Å². The Balaban J connectivity index is 0. The third-order valence-corrected chi connectivity index (χ3v) is 2.45. The Labute approximate surface area is 137 Å². The van der Waals surface area contributed by atoms with Gasteiger partial charge in [-0.05, 0) is 76.9 Å². The fourth-order valence-electron chi connectivity index (χ4n) is 2.09. The maximum Gasteiger partial charge on any atom is 1.00 e. The first-order chi connectivity index (χ1) is 8.36. The van der Waals surface area contributed by atoms with Crippen LogP contribution in [0, 0.1) is 41.5 Å². The average molecular weight is 264 g/mol. The van der Waals surface area contributed by atoms with E-state index in [1.807, 2.05) is 27.7 Å². The Bertz CT molecular complexity index is 392. The van der Waals surface area contributed by atoms with E-state index in [9.17, 15) is 0 Å². The summed E-state index contributed by atoms with van der Waals surface area (Å²) in [6, 6.07) is 8.31.